The van der Waals surface area contributed by atoms with Crippen molar-refractivity contribution >= 4 is 11.6 Å². The minimum atomic E-state index is -1.13. The first-order valence-electron chi connectivity index (χ1n) is 5.24. The second kappa shape index (κ2) is 8.86. The summed E-state index contributed by atoms with van der Waals surface area (Å²) in [6.45, 7) is 4.05. The normalized spacial score (nSPS) is 9.38. The molecule has 72 valence electrons. The van der Waals surface area contributed by atoms with Gasteiger partial charge in [-0.2, -0.15) is 0 Å². The van der Waals surface area contributed by atoms with E-state index >= 15 is 0 Å². The van der Waals surface area contributed by atoms with Gasteiger partial charge < -0.3 is 0 Å². The molecule has 0 aliphatic heterocycles. The predicted molar refractivity (Wildman–Crippen MR) is 49.4 cm³/mol. The molecule has 0 aromatic rings. The van der Waals surface area contributed by atoms with Crippen molar-refractivity contribution in [1.29, 1.82) is 0 Å². The van der Waals surface area contributed by atoms with Gasteiger partial charge in [-0.15, -0.1) is 0 Å². The van der Waals surface area contributed by atoms with Gasteiger partial charge in [-0.25, -0.2) is 0 Å². The average molecular weight is 371 g/mol. The van der Waals surface area contributed by atoms with Gasteiger partial charge in [0.05, 0.1) is 0 Å². The Morgan fingerprint density at radius 2 is 1.31 bits per heavy atom. The fourth-order valence-corrected chi connectivity index (χ4v) is 6.99. The van der Waals surface area contributed by atoms with E-state index in [-0.39, 0.29) is 0 Å². The molecule has 0 radical (unpaired) electrons. The molecule has 0 heterocycles. The summed E-state index contributed by atoms with van der Waals surface area (Å²) in [6, 6.07) is 0. The van der Waals surface area contributed by atoms with Crippen LogP contribution in [0.3, 0.4) is 0 Å². The molecule has 0 aromatic carbocycles. The number of carbonyl (C=O) groups excluding carboxylic acids is 2. The molecule has 0 atom stereocenters. The maximum atomic E-state index is 11.1. The molecule has 0 aliphatic carbocycles. The Bertz CT molecular complexity index is 148. The number of rotatable bonds is 8. The monoisotopic (exact) mass is 372 g/mol. The van der Waals surface area contributed by atoms with Gasteiger partial charge in [0.15, 0.2) is 0 Å². The third-order valence-electron chi connectivity index (χ3n) is 1.97. The molecule has 0 bridgehead atoms. The SMILES string of the molecule is CCCC(=O)[CH2][Hg][CH2]C(=O)CCC. The Labute approximate surface area is 92.9 Å². The molecule has 0 saturated carbocycles. The van der Waals surface area contributed by atoms with Crippen LogP contribution in [0.2, 0.25) is 7.86 Å². The quantitative estimate of drug-likeness (QED) is 0.615. The summed E-state index contributed by atoms with van der Waals surface area (Å²) in [4.78, 5) is 22.3. The molecule has 13 heavy (non-hydrogen) atoms. The zero-order chi connectivity index (χ0) is 10.1. The van der Waals surface area contributed by atoms with Gasteiger partial charge >= 0.3 is 93.1 Å². The van der Waals surface area contributed by atoms with Crippen molar-refractivity contribution in [3.05, 3.63) is 0 Å². The van der Waals surface area contributed by atoms with Crippen LogP contribution in [0.1, 0.15) is 39.5 Å². The van der Waals surface area contributed by atoms with Gasteiger partial charge in [0.25, 0.3) is 0 Å². The summed E-state index contributed by atoms with van der Waals surface area (Å²) in [7, 11) is 0. The van der Waals surface area contributed by atoms with Crippen LogP contribution in [-0.4, -0.2) is 11.6 Å². The molecule has 3 heteroatoms. The van der Waals surface area contributed by atoms with Crippen molar-refractivity contribution < 1.29 is 34.2 Å². The Morgan fingerprint density at radius 3 is 1.62 bits per heavy atom. The van der Waals surface area contributed by atoms with Crippen molar-refractivity contribution in [2.75, 3.05) is 0 Å². The van der Waals surface area contributed by atoms with Gasteiger partial charge in [0.1, 0.15) is 0 Å². The van der Waals surface area contributed by atoms with Gasteiger partial charge in [-0.05, 0) is 0 Å². The molecule has 0 fully saturated rings. The van der Waals surface area contributed by atoms with E-state index in [1.807, 2.05) is 13.8 Å². The van der Waals surface area contributed by atoms with Crippen LogP contribution >= 0.6 is 0 Å². The summed E-state index contributed by atoms with van der Waals surface area (Å²) in [5, 5.41) is 0. The predicted octanol–water partition coefficient (Wildman–Crippen LogP) is 2.64. The molecule has 0 spiro atoms. The van der Waals surface area contributed by atoms with Crippen LogP contribution in [0.5, 0.6) is 0 Å². The number of carbonyl (C=O) groups is 2. The number of hydrogen-bond donors (Lipinski definition) is 0. The number of Topliss-reactive ketones (excluding diaryl/α,β-unsaturated/α-hetero) is 2. The van der Waals surface area contributed by atoms with Crippen molar-refractivity contribution in [2.45, 2.75) is 47.4 Å². The van der Waals surface area contributed by atoms with Crippen LogP contribution in [0, 0.1) is 0 Å². The molecule has 0 aliphatic rings. The number of ketones is 2. The molecule has 0 saturated heterocycles. The molecule has 0 unspecified atom stereocenters. The standard InChI is InChI=1S/2C5H9O.Hg/c2*1-3-4-5(2)6;/h2*2-4H2,1H3;. The van der Waals surface area contributed by atoms with E-state index in [0.29, 0.717) is 11.6 Å². The second-order valence-corrected chi connectivity index (χ2v) is 10.1. The molecular weight excluding hydrogens is 353 g/mol. The first-order valence-corrected chi connectivity index (χ1v) is 13.0. The minimum absolute atomic E-state index is 0.397. The van der Waals surface area contributed by atoms with Gasteiger partial charge in [0, 0.05) is 0 Å². The van der Waals surface area contributed by atoms with E-state index in [1.165, 1.54) is 0 Å². The van der Waals surface area contributed by atoms with E-state index in [2.05, 4.69) is 0 Å². The van der Waals surface area contributed by atoms with Crippen molar-refractivity contribution in [2.24, 2.45) is 0 Å². The van der Waals surface area contributed by atoms with Crippen molar-refractivity contribution in [3.63, 3.8) is 0 Å². The van der Waals surface area contributed by atoms with Gasteiger partial charge in [-0.1, -0.05) is 0 Å². The Hall–Kier alpha value is 0.275. The van der Waals surface area contributed by atoms with E-state index in [0.717, 1.165) is 33.5 Å². The average Bonchev–Trinajstić information content (AvgIpc) is 2.05. The Morgan fingerprint density at radius 1 is 0.923 bits per heavy atom. The number of hydrogen-bond acceptors (Lipinski definition) is 2. The summed E-state index contributed by atoms with van der Waals surface area (Å²) >= 11 is -1.13. The molecular formula is C10H18HgO2. The zero-order valence-corrected chi connectivity index (χ0v) is 14.3. The van der Waals surface area contributed by atoms with E-state index in [1.54, 1.807) is 0 Å². The summed E-state index contributed by atoms with van der Waals surface area (Å²) < 4.78 is 1.62. The van der Waals surface area contributed by atoms with Crippen molar-refractivity contribution in [1.82, 2.24) is 0 Å². The first-order chi connectivity index (χ1) is 6.20. The summed E-state index contributed by atoms with van der Waals surface area (Å²) in [6.07, 6.45) is 3.36. The Kier molecular flexibility index (Phi) is 9.04. The third kappa shape index (κ3) is 8.60. The van der Waals surface area contributed by atoms with Crippen molar-refractivity contribution in [3.8, 4) is 0 Å². The second-order valence-electron chi connectivity index (χ2n) is 3.43. The van der Waals surface area contributed by atoms with Gasteiger partial charge in [0.2, 0.25) is 0 Å². The fourth-order valence-electron chi connectivity index (χ4n) is 1.29. The van der Waals surface area contributed by atoms with Crippen LogP contribution in [0.15, 0.2) is 0 Å². The third-order valence-corrected chi connectivity index (χ3v) is 9.05. The first kappa shape index (κ1) is 13.3. The molecule has 0 N–H and O–H groups in total. The molecule has 0 aromatic heterocycles. The van der Waals surface area contributed by atoms with E-state index in [9.17, 15) is 9.59 Å². The van der Waals surface area contributed by atoms with Crippen LogP contribution in [0.25, 0.3) is 0 Å². The van der Waals surface area contributed by atoms with E-state index < -0.39 is 24.6 Å². The van der Waals surface area contributed by atoms with Crippen LogP contribution < -0.4 is 0 Å². The Balaban J connectivity index is 3.33. The molecule has 0 rings (SSSR count). The summed E-state index contributed by atoms with van der Waals surface area (Å²) in [5.74, 6) is 0.793. The van der Waals surface area contributed by atoms with E-state index in [4.69, 9.17) is 0 Å². The maximum absolute atomic E-state index is 11.1. The van der Waals surface area contributed by atoms with Crippen LogP contribution in [0.4, 0.5) is 0 Å². The van der Waals surface area contributed by atoms with Crippen LogP contribution in [-0.2, 0) is 34.2 Å². The molecule has 0 amide bonds. The summed E-state index contributed by atoms with van der Waals surface area (Å²) in [5.41, 5.74) is 0. The van der Waals surface area contributed by atoms with Gasteiger partial charge in [-0.3, -0.25) is 0 Å². The molecule has 2 nitrogen and oxygen atoms in total. The topological polar surface area (TPSA) is 34.1 Å². The zero-order valence-electron chi connectivity index (χ0n) is 8.77. The fraction of sp³-hybridized carbons (Fsp3) is 0.800.